The summed E-state index contributed by atoms with van der Waals surface area (Å²) < 4.78 is 4.84. The molecule has 0 aliphatic rings. The SMILES string of the molecule is Cc1cccnc1CC(=O)c1ccc([N+](=O)[O-])o1. The van der Waals surface area contributed by atoms with Crippen LogP contribution in [0.15, 0.2) is 34.9 Å². The van der Waals surface area contributed by atoms with Crippen LogP contribution in [0.3, 0.4) is 0 Å². The lowest BCUT2D eigenvalue weighted by molar-refractivity contribution is -0.402. The lowest BCUT2D eigenvalue weighted by atomic mass is 10.1. The maximum Gasteiger partial charge on any atom is 0.433 e. The molecule has 0 spiro atoms. The van der Waals surface area contributed by atoms with Crippen molar-refractivity contribution in [2.45, 2.75) is 13.3 Å². The third kappa shape index (κ3) is 2.42. The zero-order valence-electron chi connectivity index (χ0n) is 9.62. The van der Waals surface area contributed by atoms with Crippen LogP contribution in [0.25, 0.3) is 0 Å². The highest BCUT2D eigenvalue weighted by atomic mass is 16.6. The van der Waals surface area contributed by atoms with Crippen molar-refractivity contribution in [3.8, 4) is 0 Å². The molecule has 0 atom stereocenters. The molecule has 0 aliphatic heterocycles. The summed E-state index contributed by atoms with van der Waals surface area (Å²) in [5, 5.41) is 10.4. The Bertz CT molecular complexity index is 604. The predicted molar refractivity (Wildman–Crippen MR) is 62.4 cm³/mol. The fourth-order valence-electron chi connectivity index (χ4n) is 1.52. The van der Waals surface area contributed by atoms with Gasteiger partial charge in [-0.25, -0.2) is 0 Å². The van der Waals surface area contributed by atoms with Gasteiger partial charge in [0.25, 0.3) is 0 Å². The molecule has 0 amide bonds. The Morgan fingerprint density at radius 2 is 2.22 bits per heavy atom. The molecule has 2 aromatic heterocycles. The Labute approximate surface area is 102 Å². The first-order valence-electron chi connectivity index (χ1n) is 5.26. The van der Waals surface area contributed by atoms with E-state index >= 15 is 0 Å². The van der Waals surface area contributed by atoms with E-state index in [1.54, 1.807) is 12.3 Å². The average molecular weight is 246 g/mol. The van der Waals surface area contributed by atoms with Crippen molar-refractivity contribution >= 4 is 11.7 Å². The Hall–Kier alpha value is -2.50. The van der Waals surface area contributed by atoms with E-state index in [1.807, 2.05) is 13.0 Å². The third-order valence-electron chi connectivity index (χ3n) is 2.49. The summed E-state index contributed by atoms with van der Waals surface area (Å²) in [6, 6.07) is 6.10. The molecule has 18 heavy (non-hydrogen) atoms. The molecule has 0 radical (unpaired) electrons. The van der Waals surface area contributed by atoms with Gasteiger partial charge in [-0.1, -0.05) is 6.07 Å². The van der Waals surface area contributed by atoms with Gasteiger partial charge in [-0.05, 0) is 24.6 Å². The molecule has 0 aromatic carbocycles. The van der Waals surface area contributed by atoms with Gasteiger partial charge in [0, 0.05) is 6.20 Å². The Balaban J connectivity index is 2.17. The van der Waals surface area contributed by atoms with Gasteiger partial charge >= 0.3 is 5.88 Å². The minimum Gasteiger partial charge on any atom is -0.397 e. The number of nitrogens with zero attached hydrogens (tertiary/aromatic N) is 2. The predicted octanol–water partition coefficient (Wildman–Crippen LogP) is 2.32. The van der Waals surface area contributed by atoms with Gasteiger partial charge in [-0.15, -0.1) is 0 Å². The molecular formula is C12H10N2O4. The molecule has 0 N–H and O–H groups in total. The van der Waals surface area contributed by atoms with Crippen LogP contribution in [0.1, 0.15) is 21.8 Å². The normalized spacial score (nSPS) is 10.3. The van der Waals surface area contributed by atoms with Crippen molar-refractivity contribution in [3.63, 3.8) is 0 Å². The van der Waals surface area contributed by atoms with E-state index in [9.17, 15) is 14.9 Å². The molecule has 2 aromatic rings. The molecule has 0 aliphatic carbocycles. The van der Waals surface area contributed by atoms with Crippen LogP contribution in [0.5, 0.6) is 0 Å². The van der Waals surface area contributed by atoms with Crippen molar-refractivity contribution in [2.75, 3.05) is 0 Å². The highest BCUT2D eigenvalue weighted by molar-refractivity contribution is 5.95. The highest BCUT2D eigenvalue weighted by Gasteiger charge is 2.18. The number of rotatable bonds is 4. The second-order valence-corrected chi connectivity index (χ2v) is 3.76. The number of Topliss-reactive ketones (excluding diaryl/α,β-unsaturated/α-hetero) is 1. The summed E-state index contributed by atoms with van der Waals surface area (Å²) in [5.74, 6) is -0.784. The Kier molecular flexibility index (Phi) is 3.18. The van der Waals surface area contributed by atoms with Gasteiger partial charge in [-0.2, -0.15) is 0 Å². The number of aryl methyl sites for hydroxylation is 1. The van der Waals surface area contributed by atoms with Crippen LogP contribution in [-0.2, 0) is 6.42 Å². The maximum atomic E-state index is 11.8. The number of carbonyl (C=O) groups excluding carboxylic acids is 1. The molecule has 6 nitrogen and oxygen atoms in total. The summed E-state index contributed by atoms with van der Waals surface area (Å²) in [4.78, 5) is 25.7. The monoisotopic (exact) mass is 246 g/mol. The van der Waals surface area contributed by atoms with Gasteiger partial charge in [0.15, 0.2) is 5.76 Å². The van der Waals surface area contributed by atoms with E-state index in [0.717, 1.165) is 5.56 Å². The summed E-state index contributed by atoms with van der Waals surface area (Å²) in [7, 11) is 0. The molecule has 92 valence electrons. The highest BCUT2D eigenvalue weighted by Crippen LogP contribution is 2.17. The average Bonchev–Trinajstić information content (AvgIpc) is 2.81. The lowest BCUT2D eigenvalue weighted by Gasteiger charge is -2.01. The zero-order chi connectivity index (χ0) is 13.1. The number of hydrogen-bond donors (Lipinski definition) is 0. The molecule has 2 rings (SSSR count). The number of hydrogen-bond acceptors (Lipinski definition) is 5. The van der Waals surface area contributed by atoms with Gasteiger partial charge in [-0.3, -0.25) is 19.9 Å². The van der Waals surface area contributed by atoms with Gasteiger partial charge < -0.3 is 4.42 Å². The van der Waals surface area contributed by atoms with Crippen LogP contribution in [-0.4, -0.2) is 15.7 Å². The van der Waals surface area contributed by atoms with E-state index in [4.69, 9.17) is 4.42 Å². The van der Waals surface area contributed by atoms with E-state index in [2.05, 4.69) is 4.98 Å². The summed E-state index contributed by atoms with van der Waals surface area (Å²) in [6.45, 7) is 1.85. The van der Waals surface area contributed by atoms with Gasteiger partial charge in [0.05, 0.1) is 18.2 Å². The van der Waals surface area contributed by atoms with Crippen LogP contribution < -0.4 is 0 Å². The van der Waals surface area contributed by atoms with Crippen molar-refractivity contribution in [1.29, 1.82) is 0 Å². The summed E-state index contributed by atoms with van der Waals surface area (Å²) >= 11 is 0. The number of ketones is 1. The maximum absolute atomic E-state index is 11.8. The standard InChI is InChI=1S/C12H10N2O4/c1-8-3-2-6-13-9(8)7-10(15)11-4-5-12(18-11)14(16)17/h2-6H,7H2,1H3. The van der Waals surface area contributed by atoms with Crippen molar-refractivity contribution in [3.05, 3.63) is 57.6 Å². The molecule has 0 saturated heterocycles. The van der Waals surface area contributed by atoms with Crippen molar-refractivity contribution in [2.24, 2.45) is 0 Å². The molecular weight excluding hydrogens is 236 g/mol. The Morgan fingerprint density at radius 1 is 1.44 bits per heavy atom. The number of aromatic nitrogens is 1. The first kappa shape index (κ1) is 12.0. The van der Waals surface area contributed by atoms with Crippen LogP contribution in [0, 0.1) is 17.0 Å². The number of carbonyl (C=O) groups is 1. The summed E-state index contributed by atoms with van der Waals surface area (Å²) in [6.07, 6.45) is 1.66. The number of furan rings is 1. The van der Waals surface area contributed by atoms with E-state index in [-0.39, 0.29) is 18.0 Å². The smallest absolute Gasteiger partial charge is 0.397 e. The zero-order valence-corrected chi connectivity index (χ0v) is 9.62. The van der Waals surface area contributed by atoms with Crippen LogP contribution in [0.2, 0.25) is 0 Å². The van der Waals surface area contributed by atoms with Crippen LogP contribution >= 0.6 is 0 Å². The number of pyridine rings is 1. The fraction of sp³-hybridized carbons (Fsp3) is 0.167. The first-order chi connectivity index (χ1) is 8.58. The van der Waals surface area contributed by atoms with E-state index in [1.165, 1.54) is 12.1 Å². The second kappa shape index (κ2) is 4.79. The lowest BCUT2D eigenvalue weighted by Crippen LogP contribution is -2.05. The molecule has 0 unspecified atom stereocenters. The topological polar surface area (TPSA) is 86.2 Å². The fourth-order valence-corrected chi connectivity index (χ4v) is 1.52. The first-order valence-corrected chi connectivity index (χ1v) is 5.26. The summed E-state index contributed by atoms with van der Waals surface area (Å²) in [5.41, 5.74) is 1.54. The molecule has 6 heteroatoms. The Morgan fingerprint density at radius 3 is 2.83 bits per heavy atom. The van der Waals surface area contributed by atoms with E-state index in [0.29, 0.717) is 5.69 Å². The van der Waals surface area contributed by atoms with Gasteiger partial charge in [0.1, 0.15) is 4.92 Å². The second-order valence-electron chi connectivity index (χ2n) is 3.76. The van der Waals surface area contributed by atoms with Crippen LogP contribution in [0.4, 0.5) is 5.88 Å². The molecule has 0 fully saturated rings. The third-order valence-corrected chi connectivity index (χ3v) is 2.49. The molecule has 2 heterocycles. The van der Waals surface area contributed by atoms with Crippen molar-refractivity contribution < 1.29 is 14.1 Å². The molecule has 0 saturated carbocycles. The quantitative estimate of drug-likeness (QED) is 0.469. The largest absolute Gasteiger partial charge is 0.433 e. The minimum absolute atomic E-state index is 0.0215. The van der Waals surface area contributed by atoms with E-state index < -0.39 is 10.8 Å². The minimum atomic E-state index is -0.678. The van der Waals surface area contributed by atoms with Crippen molar-refractivity contribution in [1.82, 2.24) is 4.98 Å². The number of nitro groups is 1. The van der Waals surface area contributed by atoms with Gasteiger partial charge in [0.2, 0.25) is 5.78 Å². The molecule has 0 bridgehead atoms.